The van der Waals surface area contributed by atoms with Crippen molar-refractivity contribution in [3.05, 3.63) is 49.0 Å². The zero-order chi connectivity index (χ0) is 13.3. The van der Waals surface area contributed by atoms with E-state index in [1.54, 1.807) is 31.2 Å². The Balaban J connectivity index is 2.28. The van der Waals surface area contributed by atoms with Crippen LogP contribution in [0.5, 0.6) is 0 Å². The van der Waals surface area contributed by atoms with Crippen LogP contribution in [0.15, 0.2) is 33.5 Å². The standard InChI is InChI=1S/C11H8BrClN2O2S/c1-6-9(12)10(16)15(18-6)11(17)14-8-4-2-3-7(13)5-8/h2-5H,1H3,(H,14,17). The van der Waals surface area contributed by atoms with Gasteiger partial charge in [0.1, 0.15) is 0 Å². The molecular weight excluding hydrogens is 340 g/mol. The van der Waals surface area contributed by atoms with Crippen LogP contribution in [0.25, 0.3) is 0 Å². The molecule has 1 N–H and O–H groups in total. The number of anilines is 1. The lowest BCUT2D eigenvalue weighted by Gasteiger charge is -2.04. The van der Waals surface area contributed by atoms with E-state index < -0.39 is 6.03 Å². The Hall–Kier alpha value is -1.11. The number of halogens is 2. The van der Waals surface area contributed by atoms with Gasteiger partial charge in [-0.3, -0.25) is 4.79 Å². The first-order valence-corrected chi connectivity index (χ1v) is 6.89. The number of benzene rings is 1. The second-order valence-electron chi connectivity index (χ2n) is 3.50. The van der Waals surface area contributed by atoms with E-state index in [4.69, 9.17) is 11.6 Å². The molecule has 2 aromatic rings. The minimum Gasteiger partial charge on any atom is -0.306 e. The van der Waals surface area contributed by atoms with Gasteiger partial charge >= 0.3 is 6.03 Å². The highest BCUT2D eigenvalue weighted by Gasteiger charge is 2.15. The van der Waals surface area contributed by atoms with Crippen molar-refractivity contribution in [2.45, 2.75) is 6.92 Å². The molecule has 1 heterocycles. The Labute approximate surface area is 120 Å². The van der Waals surface area contributed by atoms with Crippen LogP contribution >= 0.6 is 39.1 Å². The second-order valence-corrected chi connectivity index (χ2v) is 5.89. The van der Waals surface area contributed by atoms with Crippen LogP contribution in [-0.2, 0) is 0 Å². The molecule has 0 bridgehead atoms. The second kappa shape index (κ2) is 5.26. The van der Waals surface area contributed by atoms with Gasteiger partial charge in [-0.15, -0.1) is 0 Å². The lowest BCUT2D eigenvalue weighted by molar-refractivity contribution is 0.255. The normalized spacial score (nSPS) is 10.4. The van der Waals surface area contributed by atoms with Gasteiger partial charge in [-0.05, 0) is 41.1 Å². The number of aromatic nitrogens is 1. The quantitative estimate of drug-likeness (QED) is 0.855. The zero-order valence-corrected chi connectivity index (χ0v) is 12.4. The molecule has 2 rings (SSSR count). The third kappa shape index (κ3) is 2.66. The summed E-state index contributed by atoms with van der Waals surface area (Å²) in [6, 6.07) is 6.23. The van der Waals surface area contributed by atoms with Gasteiger partial charge in [0.15, 0.2) is 0 Å². The average Bonchev–Trinajstić information content (AvgIpc) is 2.57. The Kier molecular flexibility index (Phi) is 3.89. The minimum atomic E-state index is -0.499. The first-order valence-electron chi connectivity index (χ1n) is 4.94. The summed E-state index contributed by atoms with van der Waals surface area (Å²) in [5.74, 6) is 0. The third-order valence-electron chi connectivity index (χ3n) is 2.17. The predicted octanol–water partition coefficient (Wildman–Crippen LogP) is 3.71. The lowest BCUT2D eigenvalue weighted by atomic mass is 10.3. The maximum Gasteiger partial charge on any atom is 0.342 e. The van der Waals surface area contributed by atoms with Crippen LogP contribution in [-0.4, -0.2) is 9.99 Å². The van der Waals surface area contributed by atoms with E-state index in [-0.39, 0.29) is 5.56 Å². The monoisotopic (exact) mass is 346 g/mol. The van der Waals surface area contributed by atoms with E-state index in [9.17, 15) is 9.59 Å². The van der Waals surface area contributed by atoms with Crippen LogP contribution in [0.1, 0.15) is 4.88 Å². The van der Waals surface area contributed by atoms with Gasteiger partial charge in [0.2, 0.25) is 0 Å². The third-order valence-corrected chi connectivity index (χ3v) is 4.59. The Bertz CT molecular complexity index is 665. The van der Waals surface area contributed by atoms with E-state index in [1.165, 1.54) is 0 Å². The fraction of sp³-hybridized carbons (Fsp3) is 0.0909. The maximum absolute atomic E-state index is 11.9. The summed E-state index contributed by atoms with van der Waals surface area (Å²) in [6.45, 7) is 1.76. The van der Waals surface area contributed by atoms with Gasteiger partial charge < -0.3 is 5.32 Å². The summed E-state index contributed by atoms with van der Waals surface area (Å²) in [5.41, 5.74) is 0.179. The molecule has 0 saturated heterocycles. The van der Waals surface area contributed by atoms with Gasteiger partial charge in [-0.25, -0.2) is 4.79 Å². The molecule has 94 valence electrons. The van der Waals surface area contributed by atoms with Crippen molar-refractivity contribution in [3.8, 4) is 0 Å². The largest absolute Gasteiger partial charge is 0.342 e. The minimum absolute atomic E-state index is 0.364. The van der Waals surface area contributed by atoms with Crippen LogP contribution in [0.3, 0.4) is 0 Å². The molecule has 1 aromatic carbocycles. The number of rotatable bonds is 1. The summed E-state index contributed by atoms with van der Waals surface area (Å²) in [5, 5.41) is 3.13. The predicted molar refractivity (Wildman–Crippen MR) is 76.9 cm³/mol. The summed E-state index contributed by atoms with van der Waals surface area (Å²) < 4.78 is 1.47. The fourth-order valence-corrected chi connectivity index (χ4v) is 2.78. The highest BCUT2D eigenvalue weighted by atomic mass is 79.9. The fourth-order valence-electron chi connectivity index (χ4n) is 1.33. The molecule has 0 aliphatic rings. The molecule has 1 aromatic heterocycles. The molecule has 0 fully saturated rings. The van der Waals surface area contributed by atoms with Crippen molar-refractivity contribution >= 4 is 50.8 Å². The smallest absolute Gasteiger partial charge is 0.306 e. The number of amides is 1. The average molecular weight is 348 g/mol. The lowest BCUT2D eigenvalue weighted by Crippen LogP contribution is -2.26. The first kappa shape index (κ1) is 13.3. The van der Waals surface area contributed by atoms with Gasteiger partial charge in [-0.2, -0.15) is 3.96 Å². The SMILES string of the molecule is Cc1sn(C(=O)Nc2cccc(Cl)c2)c(=O)c1Br. The van der Waals surface area contributed by atoms with Crippen molar-refractivity contribution in [3.63, 3.8) is 0 Å². The first-order chi connectivity index (χ1) is 8.49. The molecular formula is C11H8BrClN2O2S. The molecule has 1 amide bonds. The van der Waals surface area contributed by atoms with Crippen molar-refractivity contribution in [2.24, 2.45) is 0 Å². The van der Waals surface area contributed by atoms with Crippen LogP contribution < -0.4 is 10.9 Å². The Morgan fingerprint density at radius 2 is 2.22 bits per heavy atom. The molecule has 0 aliphatic heterocycles. The van der Waals surface area contributed by atoms with E-state index in [1.807, 2.05) is 0 Å². The molecule has 0 unspecified atom stereocenters. The van der Waals surface area contributed by atoms with Gasteiger partial charge in [-0.1, -0.05) is 29.2 Å². The van der Waals surface area contributed by atoms with E-state index in [0.29, 0.717) is 15.2 Å². The highest BCUT2D eigenvalue weighted by molar-refractivity contribution is 9.10. The van der Waals surface area contributed by atoms with E-state index >= 15 is 0 Å². The van der Waals surface area contributed by atoms with Crippen LogP contribution in [0.4, 0.5) is 10.5 Å². The van der Waals surface area contributed by atoms with Crippen LogP contribution in [0.2, 0.25) is 5.02 Å². The molecule has 18 heavy (non-hydrogen) atoms. The number of nitrogens with one attached hydrogen (secondary N) is 1. The van der Waals surface area contributed by atoms with Crippen molar-refractivity contribution in [1.82, 2.24) is 3.96 Å². The van der Waals surface area contributed by atoms with Gasteiger partial charge in [0, 0.05) is 15.6 Å². The molecule has 7 heteroatoms. The number of aryl methyl sites for hydroxylation is 1. The summed E-state index contributed by atoms with van der Waals surface area (Å²) in [6.07, 6.45) is 0. The summed E-state index contributed by atoms with van der Waals surface area (Å²) >= 11 is 10.0. The molecule has 4 nitrogen and oxygen atoms in total. The van der Waals surface area contributed by atoms with Crippen molar-refractivity contribution in [1.29, 1.82) is 0 Å². The molecule has 0 atom stereocenters. The number of nitrogens with zero attached hydrogens (tertiary/aromatic N) is 1. The van der Waals surface area contributed by atoms with E-state index in [0.717, 1.165) is 20.4 Å². The number of carbonyl (C=O) groups excluding carboxylic acids is 1. The molecule has 0 radical (unpaired) electrons. The zero-order valence-electron chi connectivity index (χ0n) is 9.24. The summed E-state index contributed by atoms with van der Waals surface area (Å²) in [7, 11) is 0. The van der Waals surface area contributed by atoms with Crippen molar-refractivity contribution < 1.29 is 4.79 Å². The van der Waals surface area contributed by atoms with Gasteiger partial charge in [0.05, 0.1) is 4.47 Å². The number of hydrogen-bond donors (Lipinski definition) is 1. The van der Waals surface area contributed by atoms with Gasteiger partial charge in [0.25, 0.3) is 5.56 Å². The Morgan fingerprint density at radius 3 is 2.78 bits per heavy atom. The highest BCUT2D eigenvalue weighted by Crippen LogP contribution is 2.18. The van der Waals surface area contributed by atoms with Crippen LogP contribution in [0, 0.1) is 6.92 Å². The maximum atomic E-state index is 11.9. The Morgan fingerprint density at radius 1 is 1.50 bits per heavy atom. The number of carbonyl (C=O) groups is 1. The molecule has 0 spiro atoms. The van der Waals surface area contributed by atoms with Crippen molar-refractivity contribution in [2.75, 3.05) is 5.32 Å². The number of hydrogen-bond acceptors (Lipinski definition) is 3. The molecule has 0 aliphatic carbocycles. The summed E-state index contributed by atoms with van der Waals surface area (Å²) in [4.78, 5) is 24.4. The topological polar surface area (TPSA) is 51.1 Å². The van der Waals surface area contributed by atoms with E-state index in [2.05, 4.69) is 21.2 Å². The molecule has 0 saturated carbocycles.